The summed E-state index contributed by atoms with van der Waals surface area (Å²) < 4.78 is 10.3. The fourth-order valence-corrected chi connectivity index (χ4v) is 1.23. The SMILES string of the molecule is CNCc1nnc(Nc2ccc(OC)nc2)o1. The molecule has 0 unspecified atom stereocenters. The third-order valence-electron chi connectivity index (χ3n) is 1.99. The first-order valence-electron chi connectivity index (χ1n) is 5.06. The highest BCUT2D eigenvalue weighted by Gasteiger charge is 2.05. The van der Waals surface area contributed by atoms with E-state index in [2.05, 4.69) is 25.8 Å². The third kappa shape index (κ3) is 2.91. The second-order valence-electron chi connectivity index (χ2n) is 3.25. The van der Waals surface area contributed by atoms with E-state index in [0.717, 1.165) is 5.69 Å². The van der Waals surface area contributed by atoms with Gasteiger partial charge in [0.2, 0.25) is 11.8 Å². The van der Waals surface area contributed by atoms with Crippen LogP contribution in [-0.4, -0.2) is 29.3 Å². The van der Waals surface area contributed by atoms with Gasteiger partial charge in [-0.3, -0.25) is 0 Å². The highest BCUT2D eigenvalue weighted by Crippen LogP contribution is 2.16. The highest BCUT2D eigenvalue weighted by molar-refractivity contribution is 5.50. The normalized spacial score (nSPS) is 10.2. The Balaban J connectivity index is 2.03. The lowest BCUT2D eigenvalue weighted by Gasteiger charge is -2.01. The molecule has 0 bridgehead atoms. The topological polar surface area (TPSA) is 85.1 Å². The maximum atomic E-state index is 5.33. The van der Waals surface area contributed by atoms with Crippen molar-refractivity contribution in [2.45, 2.75) is 6.54 Å². The van der Waals surface area contributed by atoms with Crippen LogP contribution in [0.25, 0.3) is 0 Å². The predicted molar refractivity (Wildman–Crippen MR) is 61.1 cm³/mol. The summed E-state index contributed by atoms with van der Waals surface area (Å²) in [6.07, 6.45) is 1.63. The van der Waals surface area contributed by atoms with Gasteiger partial charge < -0.3 is 19.8 Å². The van der Waals surface area contributed by atoms with E-state index < -0.39 is 0 Å². The number of nitrogens with zero attached hydrogens (tertiary/aromatic N) is 3. The van der Waals surface area contributed by atoms with Crippen LogP contribution in [0.1, 0.15) is 5.89 Å². The zero-order chi connectivity index (χ0) is 12.1. The lowest BCUT2D eigenvalue weighted by Crippen LogP contribution is -2.04. The molecule has 0 fully saturated rings. The van der Waals surface area contributed by atoms with E-state index >= 15 is 0 Å². The molecule has 0 aliphatic carbocycles. The minimum atomic E-state index is 0.335. The Hall–Kier alpha value is -2.15. The molecule has 7 heteroatoms. The third-order valence-corrected chi connectivity index (χ3v) is 1.99. The zero-order valence-corrected chi connectivity index (χ0v) is 9.60. The quantitative estimate of drug-likeness (QED) is 0.797. The van der Waals surface area contributed by atoms with Crippen LogP contribution in [0.3, 0.4) is 0 Å². The smallest absolute Gasteiger partial charge is 0.320 e. The Bertz CT molecular complexity index is 468. The van der Waals surface area contributed by atoms with E-state index in [1.807, 2.05) is 13.1 Å². The van der Waals surface area contributed by atoms with Crippen molar-refractivity contribution < 1.29 is 9.15 Å². The molecular formula is C10H13N5O2. The number of rotatable bonds is 5. The van der Waals surface area contributed by atoms with Crippen LogP contribution >= 0.6 is 0 Å². The molecule has 2 heterocycles. The highest BCUT2D eigenvalue weighted by atomic mass is 16.5. The minimum Gasteiger partial charge on any atom is -0.481 e. The van der Waals surface area contributed by atoms with Gasteiger partial charge in [-0.05, 0) is 13.1 Å². The molecule has 0 spiro atoms. The number of methoxy groups -OCH3 is 1. The van der Waals surface area contributed by atoms with Crippen molar-refractivity contribution in [1.29, 1.82) is 0 Å². The van der Waals surface area contributed by atoms with Crippen molar-refractivity contribution in [1.82, 2.24) is 20.5 Å². The summed E-state index contributed by atoms with van der Waals surface area (Å²) in [6.45, 7) is 0.537. The second kappa shape index (κ2) is 5.26. The molecule has 0 saturated carbocycles. The fourth-order valence-electron chi connectivity index (χ4n) is 1.23. The Morgan fingerprint density at radius 2 is 2.24 bits per heavy atom. The number of hydrogen-bond acceptors (Lipinski definition) is 7. The number of anilines is 2. The first-order valence-corrected chi connectivity index (χ1v) is 5.06. The van der Waals surface area contributed by atoms with E-state index in [1.54, 1.807) is 19.4 Å². The molecule has 2 aromatic heterocycles. The van der Waals surface area contributed by atoms with Crippen LogP contribution in [0.4, 0.5) is 11.7 Å². The van der Waals surface area contributed by atoms with E-state index in [0.29, 0.717) is 24.3 Å². The van der Waals surface area contributed by atoms with Gasteiger partial charge in [-0.25, -0.2) is 4.98 Å². The average molecular weight is 235 g/mol. The van der Waals surface area contributed by atoms with E-state index in [4.69, 9.17) is 9.15 Å². The Kier molecular flexibility index (Phi) is 3.51. The molecule has 0 atom stereocenters. The summed E-state index contributed by atoms with van der Waals surface area (Å²) in [4.78, 5) is 4.05. The zero-order valence-electron chi connectivity index (χ0n) is 9.60. The van der Waals surface area contributed by atoms with Crippen LogP contribution in [-0.2, 0) is 6.54 Å². The summed E-state index contributed by atoms with van der Waals surface area (Å²) >= 11 is 0. The molecule has 90 valence electrons. The van der Waals surface area contributed by atoms with E-state index in [1.165, 1.54) is 0 Å². The molecule has 17 heavy (non-hydrogen) atoms. The maximum absolute atomic E-state index is 5.33. The molecule has 7 nitrogen and oxygen atoms in total. The molecule has 2 rings (SSSR count). The fraction of sp³-hybridized carbons (Fsp3) is 0.300. The molecule has 2 N–H and O–H groups in total. The number of pyridine rings is 1. The van der Waals surface area contributed by atoms with Gasteiger partial charge in [0, 0.05) is 6.07 Å². The summed E-state index contributed by atoms with van der Waals surface area (Å²) in [5.74, 6) is 1.08. The molecule has 0 aromatic carbocycles. The molecule has 2 aromatic rings. The average Bonchev–Trinajstić information content (AvgIpc) is 2.78. The van der Waals surface area contributed by atoms with Gasteiger partial charge in [0.25, 0.3) is 0 Å². The van der Waals surface area contributed by atoms with Gasteiger partial charge >= 0.3 is 6.01 Å². The summed E-state index contributed by atoms with van der Waals surface area (Å²) in [5, 5.41) is 13.6. The van der Waals surface area contributed by atoms with Crippen LogP contribution in [0.5, 0.6) is 5.88 Å². The second-order valence-corrected chi connectivity index (χ2v) is 3.25. The van der Waals surface area contributed by atoms with Gasteiger partial charge in [-0.15, -0.1) is 5.10 Å². The van der Waals surface area contributed by atoms with E-state index in [9.17, 15) is 0 Å². The number of ether oxygens (including phenoxy) is 1. The lowest BCUT2D eigenvalue weighted by atomic mass is 10.4. The van der Waals surface area contributed by atoms with Gasteiger partial charge in [0.05, 0.1) is 25.5 Å². The Morgan fingerprint density at radius 3 is 2.88 bits per heavy atom. The summed E-state index contributed by atoms with van der Waals surface area (Å²) in [5.41, 5.74) is 0.755. The van der Waals surface area contributed by atoms with Crippen molar-refractivity contribution in [2.24, 2.45) is 0 Å². The van der Waals surface area contributed by atoms with Gasteiger partial charge in [0.1, 0.15) is 0 Å². The first-order chi connectivity index (χ1) is 8.31. The van der Waals surface area contributed by atoms with Gasteiger partial charge in [0.15, 0.2) is 0 Å². The Labute approximate surface area is 98.2 Å². The summed E-state index contributed by atoms with van der Waals surface area (Å²) in [7, 11) is 3.38. The van der Waals surface area contributed by atoms with Crippen LogP contribution in [0, 0.1) is 0 Å². The van der Waals surface area contributed by atoms with E-state index in [-0.39, 0.29) is 0 Å². The predicted octanol–water partition coefficient (Wildman–Crippen LogP) is 0.936. The summed E-state index contributed by atoms with van der Waals surface area (Å²) in [6, 6.07) is 3.89. The van der Waals surface area contributed by atoms with Crippen molar-refractivity contribution in [3.63, 3.8) is 0 Å². The van der Waals surface area contributed by atoms with Gasteiger partial charge in [-0.1, -0.05) is 5.10 Å². The standard InChI is InChI=1S/C10H13N5O2/c1-11-6-9-14-15-10(17-9)13-7-3-4-8(16-2)12-5-7/h3-5,11H,6H2,1-2H3,(H,13,15). The molecule has 0 radical (unpaired) electrons. The molecule has 0 aliphatic heterocycles. The molecule has 0 saturated heterocycles. The van der Waals surface area contributed by atoms with Crippen molar-refractivity contribution in [3.8, 4) is 5.88 Å². The molecule has 0 aliphatic rings. The largest absolute Gasteiger partial charge is 0.481 e. The van der Waals surface area contributed by atoms with Gasteiger partial charge in [-0.2, -0.15) is 0 Å². The van der Waals surface area contributed by atoms with Crippen LogP contribution < -0.4 is 15.4 Å². The van der Waals surface area contributed by atoms with Crippen molar-refractivity contribution in [3.05, 3.63) is 24.2 Å². The number of aromatic nitrogens is 3. The number of hydrogen-bond donors (Lipinski definition) is 2. The number of nitrogens with one attached hydrogen (secondary N) is 2. The lowest BCUT2D eigenvalue weighted by molar-refractivity contribution is 0.398. The Morgan fingerprint density at radius 1 is 1.35 bits per heavy atom. The van der Waals surface area contributed by atoms with Crippen molar-refractivity contribution in [2.75, 3.05) is 19.5 Å². The minimum absolute atomic E-state index is 0.335. The van der Waals surface area contributed by atoms with Crippen LogP contribution in [0.15, 0.2) is 22.7 Å². The van der Waals surface area contributed by atoms with Crippen molar-refractivity contribution >= 4 is 11.7 Å². The first kappa shape index (κ1) is 11.3. The van der Waals surface area contributed by atoms with Crippen LogP contribution in [0.2, 0.25) is 0 Å². The monoisotopic (exact) mass is 235 g/mol. The maximum Gasteiger partial charge on any atom is 0.320 e. The molecule has 0 amide bonds. The molecular weight excluding hydrogens is 222 g/mol.